The van der Waals surface area contributed by atoms with Crippen molar-refractivity contribution in [2.75, 3.05) is 0 Å². The van der Waals surface area contributed by atoms with Crippen LogP contribution in [-0.4, -0.2) is 20.2 Å². The van der Waals surface area contributed by atoms with Crippen molar-refractivity contribution in [3.8, 4) is 23.0 Å². The number of aromatic nitrogens is 4. The van der Waals surface area contributed by atoms with E-state index in [0.717, 1.165) is 21.5 Å². The van der Waals surface area contributed by atoms with Gasteiger partial charge in [-0.15, -0.1) is 10.2 Å². The lowest BCUT2D eigenvalue weighted by Crippen LogP contribution is -1.96. The molecule has 0 N–H and O–H groups in total. The van der Waals surface area contributed by atoms with Crippen LogP contribution in [-0.2, 0) is 0 Å². The van der Waals surface area contributed by atoms with E-state index in [1.807, 2.05) is 74.5 Å². The molecule has 7 heteroatoms. The number of rotatable bonds is 5. The van der Waals surface area contributed by atoms with Gasteiger partial charge in [-0.2, -0.15) is 0 Å². The highest BCUT2D eigenvalue weighted by Gasteiger charge is 2.20. The molecule has 0 bridgehead atoms. The maximum atomic E-state index is 5.95. The van der Waals surface area contributed by atoms with E-state index in [1.54, 1.807) is 18.0 Å². The predicted octanol–water partition coefficient (Wildman–Crippen LogP) is 6.10. The van der Waals surface area contributed by atoms with Crippen molar-refractivity contribution in [1.82, 2.24) is 20.2 Å². The molecule has 0 unspecified atom stereocenters. The smallest absolute Gasteiger partial charge is 0.247 e. The molecule has 0 saturated heterocycles. The first-order chi connectivity index (χ1) is 14.7. The molecule has 148 valence electrons. The monoisotopic (exact) mass is 414 g/mol. The van der Waals surface area contributed by atoms with Crippen molar-refractivity contribution in [2.24, 2.45) is 0 Å². The minimum absolute atomic E-state index is 0.0838. The standard InChI is InChI=1S/C23H18N4O2S/c1-14-9-11-16(12-10-14)22-27-26-21(29-22)15(2)30-23-17-6-3-4-7-18(17)24-20(25-23)19-8-5-13-28-19/h3-13,15H,1-2H3/t15-/m1/s1. The van der Waals surface area contributed by atoms with Crippen molar-refractivity contribution in [3.05, 3.63) is 78.4 Å². The zero-order valence-electron chi connectivity index (χ0n) is 16.4. The van der Waals surface area contributed by atoms with Gasteiger partial charge in [-0.25, -0.2) is 9.97 Å². The van der Waals surface area contributed by atoms with E-state index in [0.29, 0.717) is 23.4 Å². The van der Waals surface area contributed by atoms with Gasteiger partial charge in [0.15, 0.2) is 11.6 Å². The van der Waals surface area contributed by atoms with Gasteiger partial charge in [-0.3, -0.25) is 0 Å². The van der Waals surface area contributed by atoms with E-state index in [4.69, 9.17) is 13.8 Å². The first-order valence-electron chi connectivity index (χ1n) is 9.55. The molecule has 1 atom stereocenters. The molecule has 5 aromatic rings. The average Bonchev–Trinajstić information content (AvgIpc) is 3.47. The second-order valence-electron chi connectivity index (χ2n) is 6.92. The van der Waals surface area contributed by atoms with E-state index in [-0.39, 0.29) is 5.25 Å². The fourth-order valence-electron chi connectivity index (χ4n) is 3.08. The molecule has 6 nitrogen and oxygen atoms in total. The van der Waals surface area contributed by atoms with Gasteiger partial charge in [-0.1, -0.05) is 47.7 Å². The summed E-state index contributed by atoms with van der Waals surface area (Å²) in [4.78, 5) is 9.39. The lowest BCUT2D eigenvalue weighted by Gasteiger charge is -2.10. The van der Waals surface area contributed by atoms with Crippen LogP contribution in [0.2, 0.25) is 0 Å². The Morgan fingerprint density at radius 2 is 1.73 bits per heavy atom. The van der Waals surface area contributed by atoms with Gasteiger partial charge in [0.05, 0.1) is 17.0 Å². The van der Waals surface area contributed by atoms with E-state index >= 15 is 0 Å². The Morgan fingerprint density at radius 3 is 2.53 bits per heavy atom. The number of hydrogen-bond acceptors (Lipinski definition) is 7. The normalized spacial score (nSPS) is 12.3. The van der Waals surface area contributed by atoms with Gasteiger partial charge in [-0.05, 0) is 44.2 Å². The Kier molecular flexibility index (Phi) is 4.80. The van der Waals surface area contributed by atoms with Gasteiger partial charge in [0.25, 0.3) is 0 Å². The number of fused-ring (bicyclic) bond motifs is 1. The summed E-state index contributed by atoms with van der Waals surface area (Å²) in [5, 5.41) is 10.2. The highest BCUT2D eigenvalue weighted by atomic mass is 32.2. The molecule has 0 amide bonds. The third-order valence-corrected chi connectivity index (χ3v) is 5.77. The van der Waals surface area contributed by atoms with Crippen molar-refractivity contribution in [3.63, 3.8) is 0 Å². The van der Waals surface area contributed by atoms with Crippen LogP contribution in [0.4, 0.5) is 0 Å². The van der Waals surface area contributed by atoms with E-state index < -0.39 is 0 Å². The Bertz CT molecular complexity index is 1300. The van der Waals surface area contributed by atoms with Gasteiger partial charge in [0.2, 0.25) is 11.8 Å². The van der Waals surface area contributed by atoms with Crippen LogP contribution < -0.4 is 0 Å². The maximum Gasteiger partial charge on any atom is 0.247 e. The molecule has 0 saturated carbocycles. The largest absolute Gasteiger partial charge is 0.461 e. The maximum absolute atomic E-state index is 5.95. The predicted molar refractivity (Wildman–Crippen MR) is 116 cm³/mol. The van der Waals surface area contributed by atoms with E-state index in [2.05, 4.69) is 15.2 Å². The quantitative estimate of drug-likeness (QED) is 0.254. The highest BCUT2D eigenvalue weighted by Crippen LogP contribution is 2.38. The molecule has 0 aliphatic rings. The molecule has 2 aromatic carbocycles. The lowest BCUT2D eigenvalue weighted by atomic mass is 10.1. The topological polar surface area (TPSA) is 77.8 Å². The summed E-state index contributed by atoms with van der Waals surface area (Å²) in [6, 6.07) is 19.6. The van der Waals surface area contributed by atoms with Gasteiger partial charge < -0.3 is 8.83 Å². The molecule has 3 heterocycles. The number of thioether (sulfide) groups is 1. The lowest BCUT2D eigenvalue weighted by molar-refractivity contribution is 0.509. The first-order valence-corrected chi connectivity index (χ1v) is 10.4. The first kappa shape index (κ1) is 18.6. The molecule has 30 heavy (non-hydrogen) atoms. The molecule has 5 rings (SSSR count). The van der Waals surface area contributed by atoms with Crippen LogP contribution in [0.15, 0.2) is 80.8 Å². The van der Waals surface area contributed by atoms with Crippen LogP contribution >= 0.6 is 11.8 Å². The van der Waals surface area contributed by atoms with Crippen molar-refractivity contribution in [1.29, 1.82) is 0 Å². The fourth-order valence-corrected chi connectivity index (χ4v) is 4.05. The number of aryl methyl sites for hydroxylation is 1. The summed E-state index contributed by atoms with van der Waals surface area (Å²) in [5.74, 6) is 2.26. The average molecular weight is 414 g/mol. The number of hydrogen-bond donors (Lipinski definition) is 0. The minimum Gasteiger partial charge on any atom is -0.461 e. The number of nitrogens with zero attached hydrogens (tertiary/aromatic N) is 4. The van der Waals surface area contributed by atoms with Crippen LogP contribution in [0.3, 0.4) is 0 Å². The van der Waals surface area contributed by atoms with Crippen LogP contribution in [0.5, 0.6) is 0 Å². The molecular weight excluding hydrogens is 396 g/mol. The SMILES string of the molecule is Cc1ccc(-c2nnc([C@@H](C)Sc3nc(-c4ccco4)nc4ccccc34)o2)cc1. The summed E-state index contributed by atoms with van der Waals surface area (Å²) >= 11 is 1.56. The molecule has 0 aliphatic carbocycles. The molecule has 3 aromatic heterocycles. The van der Waals surface area contributed by atoms with Crippen molar-refractivity contribution >= 4 is 22.7 Å². The molecule has 0 radical (unpaired) electrons. The second-order valence-corrected chi connectivity index (χ2v) is 8.25. The zero-order chi connectivity index (χ0) is 20.5. The van der Waals surface area contributed by atoms with Crippen LogP contribution in [0, 0.1) is 6.92 Å². The Balaban J connectivity index is 1.47. The van der Waals surface area contributed by atoms with Crippen molar-refractivity contribution in [2.45, 2.75) is 24.1 Å². The summed E-state index contributed by atoms with van der Waals surface area (Å²) in [6.07, 6.45) is 1.62. The molecular formula is C23H18N4O2S. The summed E-state index contributed by atoms with van der Waals surface area (Å²) in [5.41, 5.74) is 2.95. The highest BCUT2D eigenvalue weighted by molar-refractivity contribution is 7.99. The number of benzene rings is 2. The number of para-hydroxylation sites is 1. The summed E-state index contributed by atoms with van der Waals surface area (Å²) in [7, 11) is 0. The minimum atomic E-state index is -0.0838. The molecule has 0 spiro atoms. The second kappa shape index (κ2) is 7.76. The van der Waals surface area contributed by atoms with Crippen LogP contribution in [0.1, 0.15) is 23.6 Å². The molecule has 0 aliphatic heterocycles. The third kappa shape index (κ3) is 3.59. The van der Waals surface area contributed by atoms with Gasteiger partial charge in [0.1, 0.15) is 5.03 Å². The van der Waals surface area contributed by atoms with Gasteiger partial charge in [0, 0.05) is 10.9 Å². The Morgan fingerprint density at radius 1 is 0.900 bits per heavy atom. The number of furan rings is 1. The Labute approximate surface area is 177 Å². The fraction of sp³-hybridized carbons (Fsp3) is 0.130. The third-order valence-electron chi connectivity index (χ3n) is 4.69. The summed E-state index contributed by atoms with van der Waals surface area (Å²) < 4.78 is 11.5. The zero-order valence-corrected chi connectivity index (χ0v) is 17.3. The van der Waals surface area contributed by atoms with E-state index in [9.17, 15) is 0 Å². The molecule has 0 fully saturated rings. The Hall–Kier alpha value is -3.45. The van der Waals surface area contributed by atoms with E-state index in [1.165, 1.54) is 5.56 Å². The van der Waals surface area contributed by atoms with Gasteiger partial charge >= 0.3 is 0 Å². The van der Waals surface area contributed by atoms with Crippen molar-refractivity contribution < 1.29 is 8.83 Å². The van der Waals surface area contributed by atoms with Crippen LogP contribution in [0.25, 0.3) is 33.9 Å². The summed E-state index contributed by atoms with van der Waals surface area (Å²) in [6.45, 7) is 4.07.